The Bertz CT molecular complexity index is 422. The Hall–Kier alpha value is -1.04. The van der Waals surface area contributed by atoms with E-state index in [1.807, 2.05) is 0 Å². The highest BCUT2D eigenvalue weighted by molar-refractivity contribution is 6.95. The zero-order valence-electron chi connectivity index (χ0n) is 13.0. The number of rotatable bonds is 7. The first-order chi connectivity index (χ1) is 9.12. The molecule has 0 heterocycles. The number of allylic oxidation sites excluding steroid dienone is 1. The van der Waals surface area contributed by atoms with Crippen molar-refractivity contribution in [1.29, 1.82) is 0 Å². The minimum atomic E-state index is -1.52. The standard InChI is InChI=1S/C18H28Si/c1-5-7-8-10-14-17(13-6-2)19(3,4)18-15-11-9-12-16-18/h6,9,11-12,15-16H,5,7-8,10,14H2,1-4H3. The fraction of sp³-hybridized carbons (Fsp3) is 0.500. The van der Waals surface area contributed by atoms with Gasteiger partial charge in [-0.1, -0.05) is 74.8 Å². The zero-order valence-corrected chi connectivity index (χ0v) is 14.0. The Labute approximate surface area is 120 Å². The minimum absolute atomic E-state index is 1.22. The molecule has 0 aliphatic heterocycles. The lowest BCUT2D eigenvalue weighted by Gasteiger charge is -2.25. The smallest absolute Gasteiger partial charge is 0.116 e. The van der Waals surface area contributed by atoms with Crippen LogP contribution >= 0.6 is 0 Å². The highest BCUT2D eigenvalue weighted by atomic mass is 28.3. The van der Waals surface area contributed by atoms with Crippen LogP contribution in [0.2, 0.25) is 13.1 Å². The number of hydrogen-bond donors (Lipinski definition) is 0. The molecular formula is C18H28Si. The molecule has 0 amide bonds. The third kappa shape index (κ3) is 4.85. The van der Waals surface area contributed by atoms with Crippen LogP contribution in [-0.2, 0) is 0 Å². The summed E-state index contributed by atoms with van der Waals surface area (Å²) in [6, 6.07) is 11.0. The molecule has 0 aromatic heterocycles. The quantitative estimate of drug-likeness (QED) is 0.363. The molecule has 104 valence electrons. The minimum Gasteiger partial charge on any atom is -0.130 e. The highest BCUT2D eigenvalue weighted by Crippen LogP contribution is 2.20. The SMILES string of the molecule is CC=C=C(CCCCCC)[Si](C)(C)c1ccccc1. The van der Waals surface area contributed by atoms with Crippen molar-refractivity contribution in [3.63, 3.8) is 0 Å². The van der Waals surface area contributed by atoms with Crippen LogP contribution in [0.25, 0.3) is 0 Å². The van der Waals surface area contributed by atoms with Gasteiger partial charge in [0.05, 0.1) is 0 Å². The molecule has 1 heteroatoms. The van der Waals surface area contributed by atoms with Crippen molar-refractivity contribution < 1.29 is 0 Å². The van der Waals surface area contributed by atoms with E-state index in [9.17, 15) is 0 Å². The van der Waals surface area contributed by atoms with E-state index in [1.165, 1.54) is 37.3 Å². The third-order valence-electron chi connectivity index (χ3n) is 3.85. The van der Waals surface area contributed by atoms with Crippen LogP contribution in [0.1, 0.15) is 46.0 Å². The van der Waals surface area contributed by atoms with Gasteiger partial charge in [-0.05, 0) is 31.0 Å². The van der Waals surface area contributed by atoms with Crippen LogP contribution in [0, 0.1) is 0 Å². The molecule has 0 saturated carbocycles. The topological polar surface area (TPSA) is 0 Å². The summed E-state index contributed by atoms with van der Waals surface area (Å²) in [5.41, 5.74) is 3.55. The van der Waals surface area contributed by atoms with E-state index in [0.717, 1.165) is 0 Å². The van der Waals surface area contributed by atoms with E-state index in [4.69, 9.17) is 0 Å². The van der Waals surface area contributed by atoms with Crippen LogP contribution in [0.5, 0.6) is 0 Å². The van der Waals surface area contributed by atoms with Crippen LogP contribution in [0.15, 0.2) is 47.3 Å². The second kappa shape index (κ2) is 8.19. The van der Waals surface area contributed by atoms with Gasteiger partial charge in [-0.3, -0.25) is 0 Å². The molecule has 0 spiro atoms. The van der Waals surface area contributed by atoms with Crippen molar-refractivity contribution in [2.75, 3.05) is 0 Å². The van der Waals surface area contributed by atoms with E-state index in [1.54, 1.807) is 5.20 Å². The summed E-state index contributed by atoms with van der Waals surface area (Å²) >= 11 is 0. The molecule has 0 atom stereocenters. The molecule has 0 fully saturated rings. The molecule has 1 aromatic carbocycles. The average Bonchev–Trinajstić information content (AvgIpc) is 2.43. The summed E-state index contributed by atoms with van der Waals surface area (Å²) in [6.45, 7) is 9.26. The molecule has 1 aromatic rings. The van der Waals surface area contributed by atoms with Crippen molar-refractivity contribution in [3.05, 3.63) is 47.3 Å². The van der Waals surface area contributed by atoms with Gasteiger partial charge in [0, 0.05) is 0 Å². The van der Waals surface area contributed by atoms with E-state index < -0.39 is 8.07 Å². The molecular weight excluding hydrogens is 244 g/mol. The molecule has 0 N–H and O–H groups in total. The van der Waals surface area contributed by atoms with Crippen LogP contribution in [0.3, 0.4) is 0 Å². The van der Waals surface area contributed by atoms with Gasteiger partial charge in [0.15, 0.2) is 0 Å². The Morgan fingerprint density at radius 1 is 1.11 bits per heavy atom. The largest absolute Gasteiger partial charge is 0.130 e. The Kier molecular flexibility index (Phi) is 6.90. The first kappa shape index (κ1) is 16.0. The van der Waals surface area contributed by atoms with Crippen LogP contribution < -0.4 is 5.19 Å². The molecule has 0 saturated heterocycles. The van der Waals surface area contributed by atoms with Crippen molar-refractivity contribution in [1.82, 2.24) is 0 Å². The average molecular weight is 273 g/mol. The van der Waals surface area contributed by atoms with Gasteiger partial charge < -0.3 is 0 Å². The van der Waals surface area contributed by atoms with Crippen molar-refractivity contribution in [2.24, 2.45) is 0 Å². The van der Waals surface area contributed by atoms with Crippen molar-refractivity contribution in [3.8, 4) is 0 Å². The third-order valence-corrected chi connectivity index (χ3v) is 7.53. The molecule has 19 heavy (non-hydrogen) atoms. The Morgan fingerprint density at radius 2 is 1.79 bits per heavy atom. The number of unbranched alkanes of at least 4 members (excludes halogenated alkanes) is 3. The fourth-order valence-electron chi connectivity index (χ4n) is 2.50. The molecule has 1 rings (SSSR count). The first-order valence-corrected chi connectivity index (χ1v) is 10.6. The predicted molar refractivity (Wildman–Crippen MR) is 89.6 cm³/mol. The van der Waals surface area contributed by atoms with Crippen molar-refractivity contribution in [2.45, 2.75) is 59.0 Å². The van der Waals surface area contributed by atoms with E-state index >= 15 is 0 Å². The van der Waals surface area contributed by atoms with Gasteiger partial charge in [0.25, 0.3) is 0 Å². The summed E-state index contributed by atoms with van der Waals surface area (Å²) in [7, 11) is -1.52. The Balaban J connectivity index is 2.84. The number of hydrogen-bond acceptors (Lipinski definition) is 0. The lowest BCUT2D eigenvalue weighted by atomic mass is 10.1. The second-order valence-corrected chi connectivity index (χ2v) is 10.1. The van der Waals surface area contributed by atoms with E-state index in [0.29, 0.717) is 0 Å². The maximum atomic E-state index is 3.55. The zero-order chi connectivity index (χ0) is 14.1. The summed E-state index contributed by atoms with van der Waals surface area (Å²) in [5.74, 6) is 0. The highest BCUT2D eigenvalue weighted by Gasteiger charge is 2.27. The molecule has 0 bridgehead atoms. The molecule has 0 aliphatic rings. The fourth-order valence-corrected chi connectivity index (χ4v) is 5.18. The van der Waals surface area contributed by atoms with Gasteiger partial charge in [-0.15, -0.1) is 5.73 Å². The van der Waals surface area contributed by atoms with Crippen molar-refractivity contribution >= 4 is 13.3 Å². The maximum Gasteiger partial charge on any atom is 0.116 e. The summed E-state index contributed by atoms with van der Waals surface area (Å²) < 4.78 is 0. The Morgan fingerprint density at radius 3 is 2.37 bits per heavy atom. The number of benzene rings is 1. The van der Waals surface area contributed by atoms with Gasteiger partial charge in [0.2, 0.25) is 0 Å². The normalized spacial score (nSPS) is 10.9. The monoisotopic (exact) mass is 272 g/mol. The van der Waals surface area contributed by atoms with E-state index in [2.05, 4.69) is 69.1 Å². The first-order valence-electron chi connectivity index (χ1n) is 7.59. The second-order valence-electron chi connectivity index (χ2n) is 5.71. The van der Waals surface area contributed by atoms with Gasteiger partial charge in [-0.2, -0.15) is 0 Å². The summed E-state index contributed by atoms with van der Waals surface area (Å²) in [5, 5.41) is 3.09. The van der Waals surface area contributed by atoms with Crippen LogP contribution in [-0.4, -0.2) is 8.07 Å². The molecule has 0 unspecified atom stereocenters. The molecule has 0 nitrogen and oxygen atoms in total. The predicted octanol–water partition coefficient (Wildman–Crippen LogP) is 5.21. The van der Waals surface area contributed by atoms with Gasteiger partial charge in [0.1, 0.15) is 8.07 Å². The van der Waals surface area contributed by atoms with Crippen LogP contribution in [0.4, 0.5) is 0 Å². The lowest BCUT2D eigenvalue weighted by molar-refractivity contribution is 0.670. The molecule has 0 radical (unpaired) electrons. The van der Waals surface area contributed by atoms with Gasteiger partial charge in [-0.25, -0.2) is 0 Å². The summed E-state index contributed by atoms with van der Waals surface area (Å²) in [4.78, 5) is 0. The lowest BCUT2D eigenvalue weighted by Crippen LogP contribution is -2.43. The molecule has 0 aliphatic carbocycles. The summed E-state index contributed by atoms with van der Waals surface area (Å²) in [6.07, 6.45) is 8.64. The maximum absolute atomic E-state index is 3.55. The van der Waals surface area contributed by atoms with Gasteiger partial charge >= 0.3 is 0 Å². The van der Waals surface area contributed by atoms with E-state index in [-0.39, 0.29) is 0 Å².